The van der Waals surface area contributed by atoms with Crippen molar-refractivity contribution in [3.05, 3.63) is 18.2 Å². The smallest absolute Gasteiger partial charge is 0.142 e. The molecule has 4 aliphatic rings. The van der Waals surface area contributed by atoms with Crippen molar-refractivity contribution in [2.75, 3.05) is 12.4 Å². The Bertz CT molecular complexity index is 476. The molecule has 1 unspecified atom stereocenters. The third kappa shape index (κ3) is 1.61. The van der Waals surface area contributed by atoms with E-state index >= 15 is 0 Å². The molecule has 2 bridgehead atoms. The van der Waals surface area contributed by atoms with Gasteiger partial charge >= 0.3 is 0 Å². The van der Waals surface area contributed by atoms with Gasteiger partial charge in [-0.15, -0.1) is 0 Å². The van der Waals surface area contributed by atoms with Crippen LogP contribution in [0.15, 0.2) is 23.1 Å². The molecule has 5 rings (SSSR count). The Labute approximate surface area is 111 Å². The Kier molecular flexibility index (Phi) is 2.31. The monoisotopic (exact) mass is 263 g/mol. The van der Waals surface area contributed by atoms with Gasteiger partial charge in [0.15, 0.2) is 0 Å². The van der Waals surface area contributed by atoms with Gasteiger partial charge in [-0.3, -0.25) is 5.32 Å². The molecule has 0 aromatic heterocycles. The lowest BCUT2D eigenvalue weighted by Gasteiger charge is -2.63. The fourth-order valence-electron chi connectivity index (χ4n) is 3.17. The minimum absolute atomic E-state index is 0.149. The number of hydrogen-bond donors (Lipinski definition) is 3. The highest BCUT2D eigenvalue weighted by Crippen LogP contribution is 2.57. The molecular formula is C13H17N3OS. The molecule has 5 heteroatoms. The molecule has 1 aromatic rings. The minimum atomic E-state index is 0.149. The minimum Gasteiger partial charge on any atom is -0.497 e. The predicted molar refractivity (Wildman–Crippen MR) is 72.6 cm³/mol. The average Bonchev–Trinajstić information content (AvgIpc) is 2.31. The normalized spacial score (nSPS) is 35.8. The standard InChI is InChI=1S/C13H17N3OS/c1-17-9-2-3-11-10(4-9)14-12(16-18-11)15-13-5-8(6-13)7-13/h2-4,8,12,14-16H,5-7H2,1H3. The van der Waals surface area contributed by atoms with Crippen molar-refractivity contribution in [3.8, 4) is 5.75 Å². The number of anilines is 1. The van der Waals surface area contributed by atoms with E-state index in [2.05, 4.69) is 27.5 Å². The third-order valence-corrected chi connectivity index (χ3v) is 5.19. The summed E-state index contributed by atoms with van der Waals surface area (Å²) in [5.74, 6) is 1.90. The highest BCUT2D eigenvalue weighted by molar-refractivity contribution is 7.97. The number of ether oxygens (including phenoxy) is 1. The summed E-state index contributed by atoms with van der Waals surface area (Å²) in [6.07, 6.45) is 4.20. The van der Waals surface area contributed by atoms with Crippen LogP contribution in [-0.4, -0.2) is 18.9 Å². The molecule has 1 heterocycles. The van der Waals surface area contributed by atoms with Crippen molar-refractivity contribution in [1.82, 2.24) is 10.0 Å². The highest BCUT2D eigenvalue weighted by atomic mass is 32.2. The zero-order valence-electron chi connectivity index (χ0n) is 10.3. The summed E-state index contributed by atoms with van der Waals surface area (Å²) in [5, 5.41) is 7.19. The fourth-order valence-corrected chi connectivity index (χ4v) is 3.90. The number of fused-ring (bicyclic) bond motifs is 1. The lowest BCUT2D eigenvalue weighted by molar-refractivity contribution is -0.0574. The van der Waals surface area contributed by atoms with Crippen LogP contribution >= 0.6 is 11.9 Å². The van der Waals surface area contributed by atoms with Gasteiger partial charge in [-0.05, 0) is 49.3 Å². The first kappa shape index (κ1) is 11.0. The van der Waals surface area contributed by atoms with Crippen molar-refractivity contribution in [2.24, 2.45) is 5.92 Å². The van der Waals surface area contributed by atoms with Gasteiger partial charge in [0.2, 0.25) is 0 Å². The predicted octanol–water partition coefficient (Wildman–Crippen LogP) is 2.14. The number of hydrogen-bond acceptors (Lipinski definition) is 5. The average molecular weight is 263 g/mol. The largest absolute Gasteiger partial charge is 0.497 e. The van der Waals surface area contributed by atoms with Crippen molar-refractivity contribution >= 4 is 17.6 Å². The lowest BCUT2D eigenvalue weighted by atomic mass is 9.50. The highest BCUT2D eigenvalue weighted by Gasteiger charge is 2.57. The van der Waals surface area contributed by atoms with E-state index < -0.39 is 0 Å². The van der Waals surface area contributed by atoms with Gasteiger partial charge in [-0.1, -0.05) is 0 Å². The molecule has 0 saturated heterocycles. The molecule has 3 N–H and O–H groups in total. The van der Waals surface area contributed by atoms with Gasteiger partial charge in [0, 0.05) is 16.5 Å². The Balaban J connectivity index is 1.49. The summed E-state index contributed by atoms with van der Waals surface area (Å²) in [4.78, 5) is 1.21. The van der Waals surface area contributed by atoms with Crippen LogP contribution in [0.1, 0.15) is 19.3 Å². The van der Waals surface area contributed by atoms with Crippen LogP contribution in [-0.2, 0) is 0 Å². The SMILES string of the molecule is COc1ccc2c(c1)NC(NC13CC(C1)C3)NS2. The van der Waals surface area contributed by atoms with Crippen LogP contribution in [0.3, 0.4) is 0 Å². The van der Waals surface area contributed by atoms with Gasteiger partial charge in [0.05, 0.1) is 12.8 Å². The van der Waals surface area contributed by atoms with Crippen molar-refractivity contribution in [3.63, 3.8) is 0 Å². The van der Waals surface area contributed by atoms with E-state index in [-0.39, 0.29) is 6.29 Å². The Morgan fingerprint density at radius 3 is 2.89 bits per heavy atom. The molecule has 1 atom stereocenters. The summed E-state index contributed by atoms with van der Waals surface area (Å²) in [5.41, 5.74) is 1.56. The molecule has 1 aromatic carbocycles. The summed E-state index contributed by atoms with van der Waals surface area (Å²) in [7, 11) is 1.70. The van der Waals surface area contributed by atoms with Crippen LogP contribution in [0.4, 0.5) is 5.69 Å². The Morgan fingerprint density at radius 1 is 1.39 bits per heavy atom. The maximum Gasteiger partial charge on any atom is 0.142 e. The second kappa shape index (κ2) is 3.79. The number of benzene rings is 1. The second-order valence-electron chi connectivity index (χ2n) is 5.56. The molecule has 1 aliphatic heterocycles. The van der Waals surface area contributed by atoms with E-state index in [1.54, 1.807) is 19.1 Å². The number of methoxy groups -OCH3 is 1. The van der Waals surface area contributed by atoms with E-state index in [0.29, 0.717) is 5.54 Å². The zero-order chi connectivity index (χ0) is 12.2. The molecule has 18 heavy (non-hydrogen) atoms. The summed E-state index contributed by atoms with van der Waals surface area (Å²) in [6.45, 7) is 0. The van der Waals surface area contributed by atoms with Crippen LogP contribution in [0.25, 0.3) is 0 Å². The maximum absolute atomic E-state index is 5.27. The summed E-state index contributed by atoms with van der Waals surface area (Å²) < 4.78 is 8.68. The molecule has 0 spiro atoms. The summed E-state index contributed by atoms with van der Waals surface area (Å²) >= 11 is 1.68. The molecular weight excluding hydrogens is 246 g/mol. The molecule has 3 saturated carbocycles. The zero-order valence-corrected chi connectivity index (χ0v) is 11.1. The summed E-state index contributed by atoms with van der Waals surface area (Å²) in [6, 6.07) is 6.13. The van der Waals surface area contributed by atoms with Crippen LogP contribution in [0, 0.1) is 5.92 Å². The first-order valence-corrected chi connectivity index (χ1v) is 7.23. The van der Waals surface area contributed by atoms with Crippen LogP contribution in [0.5, 0.6) is 5.75 Å². The molecule has 3 aliphatic carbocycles. The number of rotatable bonds is 3. The van der Waals surface area contributed by atoms with Crippen LogP contribution < -0.4 is 20.1 Å². The molecule has 0 radical (unpaired) electrons. The lowest BCUT2D eigenvalue weighted by Crippen LogP contribution is -2.71. The van der Waals surface area contributed by atoms with E-state index in [0.717, 1.165) is 17.4 Å². The van der Waals surface area contributed by atoms with Gasteiger partial charge < -0.3 is 10.1 Å². The number of nitrogens with one attached hydrogen (secondary N) is 3. The van der Waals surface area contributed by atoms with Gasteiger partial charge in [0.1, 0.15) is 12.0 Å². The first-order chi connectivity index (χ1) is 8.76. The van der Waals surface area contributed by atoms with Gasteiger partial charge in [-0.2, -0.15) is 0 Å². The third-order valence-electron chi connectivity index (χ3n) is 4.26. The second-order valence-corrected chi connectivity index (χ2v) is 6.44. The van der Waals surface area contributed by atoms with E-state index in [1.807, 2.05) is 6.07 Å². The van der Waals surface area contributed by atoms with E-state index in [1.165, 1.54) is 24.2 Å². The Morgan fingerprint density at radius 2 is 2.22 bits per heavy atom. The first-order valence-electron chi connectivity index (χ1n) is 6.41. The molecule has 3 fully saturated rings. The molecule has 96 valence electrons. The maximum atomic E-state index is 5.27. The topological polar surface area (TPSA) is 45.3 Å². The van der Waals surface area contributed by atoms with E-state index in [4.69, 9.17) is 4.74 Å². The Hall–Kier alpha value is -0.910. The quantitative estimate of drug-likeness (QED) is 0.729. The van der Waals surface area contributed by atoms with Gasteiger partial charge in [0.25, 0.3) is 0 Å². The van der Waals surface area contributed by atoms with Crippen molar-refractivity contribution in [1.29, 1.82) is 0 Å². The molecule has 4 nitrogen and oxygen atoms in total. The van der Waals surface area contributed by atoms with Crippen molar-refractivity contribution in [2.45, 2.75) is 36.0 Å². The fraction of sp³-hybridized carbons (Fsp3) is 0.538. The molecule has 0 amide bonds. The van der Waals surface area contributed by atoms with Crippen molar-refractivity contribution < 1.29 is 4.74 Å². The van der Waals surface area contributed by atoms with E-state index in [9.17, 15) is 0 Å². The van der Waals surface area contributed by atoms with Gasteiger partial charge in [-0.25, -0.2) is 4.72 Å². The van der Waals surface area contributed by atoms with Crippen LogP contribution in [0.2, 0.25) is 0 Å².